The van der Waals surface area contributed by atoms with Gasteiger partial charge in [-0.2, -0.15) is 0 Å². The number of furan rings is 1. The summed E-state index contributed by atoms with van der Waals surface area (Å²) in [5, 5.41) is 2.41. The first-order valence-corrected chi connectivity index (χ1v) is 6.29. The molecule has 1 aromatic heterocycles. The Morgan fingerprint density at radius 1 is 1.19 bits per heavy atom. The van der Waals surface area contributed by atoms with Gasteiger partial charge in [0.05, 0.1) is 13.4 Å². The molecule has 110 valence electrons. The van der Waals surface area contributed by atoms with Gasteiger partial charge in [0.1, 0.15) is 12.4 Å². The summed E-state index contributed by atoms with van der Waals surface area (Å²) in [7, 11) is 1.23. The number of hydrogen-bond donors (Lipinski definition) is 1. The van der Waals surface area contributed by atoms with E-state index >= 15 is 0 Å². The zero-order valence-corrected chi connectivity index (χ0v) is 11.4. The Labute approximate surface area is 121 Å². The standard InChI is InChI=1S/C15H15NO5/c1-19-14(17)13(12-8-5-9-20-12)16-15(18)21-10-11-6-3-2-4-7-11/h2-9,13H,10H2,1H3,(H,16,18)/t13-/m1/s1. The molecule has 0 radical (unpaired) electrons. The van der Waals surface area contributed by atoms with Crippen molar-refractivity contribution < 1.29 is 23.5 Å². The van der Waals surface area contributed by atoms with Crippen LogP contribution in [0.15, 0.2) is 53.1 Å². The summed E-state index contributed by atoms with van der Waals surface area (Å²) in [5.74, 6) is -0.361. The van der Waals surface area contributed by atoms with E-state index in [0.717, 1.165) is 5.56 Å². The molecule has 2 aromatic rings. The molecule has 0 unspecified atom stereocenters. The molecule has 6 nitrogen and oxygen atoms in total. The number of benzene rings is 1. The Balaban J connectivity index is 1.94. The summed E-state index contributed by atoms with van der Waals surface area (Å²) in [6, 6.07) is 11.4. The van der Waals surface area contributed by atoms with Crippen LogP contribution in [0, 0.1) is 0 Å². The van der Waals surface area contributed by atoms with E-state index in [1.807, 2.05) is 30.3 Å². The lowest BCUT2D eigenvalue weighted by atomic mass is 10.2. The average Bonchev–Trinajstić information content (AvgIpc) is 3.05. The maximum Gasteiger partial charge on any atom is 0.408 e. The molecule has 21 heavy (non-hydrogen) atoms. The largest absolute Gasteiger partial charge is 0.467 e. The van der Waals surface area contributed by atoms with Gasteiger partial charge in [0, 0.05) is 0 Å². The first-order valence-electron chi connectivity index (χ1n) is 6.29. The van der Waals surface area contributed by atoms with Gasteiger partial charge in [-0.15, -0.1) is 0 Å². The molecular formula is C15H15NO5. The minimum absolute atomic E-state index is 0.110. The van der Waals surface area contributed by atoms with Crippen molar-refractivity contribution in [1.82, 2.24) is 5.32 Å². The molecular weight excluding hydrogens is 274 g/mol. The molecule has 1 heterocycles. The van der Waals surface area contributed by atoms with Crippen LogP contribution in [0.1, 0.15) is 17.4 Å². The molecule has 1 aromatic carbocycles. The van der Waals surface area contributed by atoms with Crippen LogP contribution in [0.4, 0.5) is 4.79 Å². The Morgan fingerprint density at radius 3 is 2.57 bits per heavy atom. The van der Waals surface area contributed by atoms with Gasteiger partial charge < -0.3 is 19.2 Å². The van der Waals surface area contributed by atoms with E-state index in [1.165, 1.54) is 13.4 Å². The van der Waals surface area contributed by atoms with E-state index in [2.05, 4.69) is 10.1 Å². The van der Waals surface area contributed by atoms with E-state index < -0.39 is 18.1 Å². The maximum atomic E-state index is 11.8. The van der Waals surface area contributed by atoms with Crippen molar-refractivity contribution in [2.45, 2.75) is 12.6 Å². The maximum absolute atomic E-state index is 11.8. The normalized spacial score (nSPS) is 11.5. The fraction of sp³-hybridized carbons (Fsp3) is 0.200. The summed E-state index contributed by atoms with van der Waals surface area (Å²) in [6.45, 7) is 0.110. The Bertz CT molecular complexity index is 579. The van der Waals surface area contributed by atoms with Crippen LogP contribution in [-0.4, -0.2) is 19.2 Å². The number of nitrogens with one attached hydrogen (secondary N) is 1. The molecule has 0 fully saturated rings. The highest BCUT2D eigenvalue weighted by atomic mass is 16.6. The average molecular weight is 289 g/mol. The second kappa shape index (κ2) is 7.14. The smallest absolute Gasteiger partial charge is 0.408 e. The van der Waals surface area contributed by atoms with Crippen molar-refractivity contribution in [3.8, 4) is 0 Å². The number of carbonyl (C=O) groups is 2. The topological polar surface area (TPSA) is 77.8 Å². The van der Waals surface area contributed by atoms with E-state index in [0.29, 0.717) is 0 Å². The highest BCUT2D eigenvalue weighted by Gasteiger charge is 2.26. The van der Waals surface area contributed by atoms with Crippen molar-refractivity contribution >= 4 is 12.1 Å². The SMILES string of the molecule is COC(=O)[C@H](NC(=O)OCc1ccccc1)c1ccco1. The Hall–Kier alpha value is -2.76. The minimum atomic E-state index is -1.03. The number of ether oxygens (including phenoxy) is 2. The van der Waals surface area contributed by atoms with Crippen LogP contribution in [-0.2, 0) is 20.9 Å². The molecule has 0 spiro atoms. The van der Waals surface area contributed by atoms with E-state index in [-0.39, 0.29) is 12.4 Å². The third kappa shape index (κ3) is 4.10. The number of hydrogen-bond acceptors (Lipinski definition) is 5. The van der Waals surface area contributed by atoms with E-state index in [1.54, 1.807) is 12.1 Å². The highest BCUT2D eigenvalue weighted by Crippen LogP contribution is 2.15. The first kappa shape index (κ1) is 14.6. The van der Waals surface area contributed by atoms with Crippen LogP contribution >= 0.6 is 0 Å². The molecule has 1 amide bonds. The van der Waals surface area contributed by atoms with Crippen LogP contribution in [0.25, 0.3) is 0 Å². The van der Waals surface area contributed by atoms with Gasteiger partial charge in [0.2, 0.25) is 0 Å². The third-order valence-electron chi connectivity index (χ3n) is 2.74. The monoisotopic (exact) mass is 289 g/mol. The van der Waals surface area contributed by atoms with Crippen molar-refractivity contribution in [2.75, 3.05) is 7.11 Å². The van der Waals surface area contributed by atoms with Gasteiger partial charge in [-0.3, -0.25) is 0 Å². The summed E-state index contributed by atoms with van der Waals surface area (Å²) >= 11 is 0. The van der Waals surface area contributed by atoms with Crippen molar-refractivity contribution in [2.24, 2.45) is 0 Å². The van der Waals surface area contributed by atoms with E-state index in [9.17, 15) is 9.59 Å². The second-order valence-corrected chi connectivity index (χ2v) is 4.18. The molecule has 0 saturated heterocycles. The molecule has 0 bridgehead atoms. The fourth-order valence-corrected chi connectivity index (χ4v) is 1.70. The van der Waals surface area contributed by atoms with Gasteiger partial charge in [-0.25, -0.2) is 9.59 Å². The Kier molecular flexibility index (Phi) is 4.98. The number of rotatable bonds is 5. The minimum Gasteiger partial charge on any atom is -0.467 e. The lowest BCUT2D eigenvalue weighted by Gasteiger charge is -2.14. The number of methoxy groups -OCH3 is 1. The summed E-state index contributed by atoms with van der Waals surface area (Å²) < 4.78 is 14.8. The van der Waals surface area contributed by atoms with Crippen LogP contribution in [0.3, 0.4) is 0 Å². The Morgan fingerprint density at radius 2 is 1.95 bits per heavy atom. The lowest BCUT2D eigenvalue weighted by molar-refractivity contribution is -0.143. The molecule has 0 saturated carbocycles. The zero-order chi connectivity index (χ0) is 15.1. The molecule has 6 heteroatoms. The third-order valence-corrected chi connectivity index (χ3v) is 2.74. The summed E-state index contributed by atoms with van der Waals surface area (Å²) in [4.78, 5) is 23.4. The van der Waals surface area contributed by atoms with Gasteiger partial charge in [0.25, 0.3) is 0 Å². The van der Waals surface area contributed by atoms with Crippen LogP contribution in [0.5, 0.6) is 0 Å². The van der Waals surface area contributed by atoms with Crippen LogP contribution in [0.2, 0.25) is 0 Å². The number of esters is 1. The second-order valence-electron chi connectivity index (χ2n) is 4.18. The molecule has 0 aliphatic heterocycles. The lowest BCUT2D eigenvalue weighted by Crippen LogP contribution is -2.34. The molecule has 2 rings (SSSR count). The van der Waals surface area contributed by atoms with Gasteiger partial charge in [0.15, 0.2) is 6.04 Å². The molecule has 0 aliphatic carbocycles. The van der Waals surface area contributed by atoms with Gasteiger partial charge in [-0.1, -0.05) is 30.3 Å². The number of alkyl carbamates (subject to hydrolysis) is 1. The predicted molar refractivity (Wildman–Crippen MR) is 73.2 cm³/mol. The summed E-state index contributed by atoms with van der Waals surface area (Å²) in [6.07, 6.45) is 0.674. The first-order chi connectivity index (χ1) is 10.2. The van der Waals surface area contributed by atoms with Crippen molar-refractivity contribution in [3.05, 3.63) is 60.1 Å². The quantitative estimate of drug-likeness (QED) is 0.855. The predicted octanol–water partition coefficient (Wildman–Crippen LogP) is 2.42. The summed E-state index contributed by atoms with van der Waals surface area (Å²) in [5.41, 5.74) is 0.847. The number of amides is 1. The number of carbonyl (C=O) groups excluding carboxylic acids is 2. The zero-order valence-electron chi connectivity index (χ0n) is 11.4. The van der Waals surface area contributed by atoms with E-state index in [4.69, 9.17) is 9.15 Å². The fourth-order valence-electron chi connectivity index (χ4n) is 1.70. The molecule has 0 aliphatic rings. The van der Waals surface area contributed by atoms with Gasteiger partial charge >= 0.3 is 12.1 Å². The highest BCUT2D eigenvalue weighted by molar-refractivity contribution is 5.82. The van der Waals surface area contributed by atoms with Crippen LogP contribution < -0.4 is 5.32 Å². The molecule has 1 N–H and O–H groups in total. The van der Waals surface area contributed by atoms with Gasteiger partial charge in [-0.05, 0) is 17.7 Å². The molecule has 1 atom stereocenters. The van der Waals surface area contributed by atoms with Crippen molar-refractivity contribution in [3.63, 3.8) is 0 Å². The van der Waals surface area contributed by atoms with Crippen molar-refractivity contribution in [1.29, 1.82) is 0 Å².